The zero-order chi connectivity index (χ0) is 20.7. The SMILES string of the molecule is C=CCC1(N)CCCC(Oc2cc3ccnc(OCCCC)c3cc2Cl)CCC1. The van der Waals surface area contributed by atoms with Gasteiger partial charge in [0.1, 0.15) is 5.75 Å². The lowest BCUT2D eigenvalue weighted by molar-refractivity contribution is 0.152. The molecule has 0 atom stereocenters. The molecule has 0 aliphatic heterocycles. The van der Waals surface area contributed by atoms with E-state index in [9.17, 15) is 0 Å². The van der Waals surface area contributed by atoms with Gasteiger partial charge in [0.05, 0.1) is 17.7 Å². The summed E-state index contributed by atoms with van der Waals surface area (Å²) in [5, 5.41) is 2.56. The van der Waals surface area contributed by atoms with Gasteiger partial charge in [-0.15, -0.1) is 6.58 Å². The Bertz CT molecular complexity index is 814. The van der Waals surface area contributed by atoms with E-state index < -0.39 is 0 Å². The Morgan fingerprint density at radius 1 is 1.31 bits per heavy atom. The quantitative estimate of drug-likeness (QED) is 0.397. The van der Waals surface area contributed by atoms with Crippen molar-refractivity contribution in [3.05, 3.63) is 42.1 Å². The normalized spacial score (nSPS) is 22.7. The molecular formula is C24H33ClN2O2. The van der Waals surface area contributed by atoms with Crippen molar-refractivity contribution in [3.8, 4) is 11.6 Å². The molecular weight excluding hydrogens is 384 g/mol. The summed E-state index contributed by atoms with van der Waals surface area (Å²) in [5.41, 5.74) is 6.43. The Labute approximate surface area is 179 Å². The Morgan fingerprint density at radius 3 is 2.76 bits per heavy atom. The van der Waals surface area contributed by atoms with Crippen molar-refractivity contribution in [2.45, 2.75) is 76.4 Å². The first-order valence-corrected chi connectivity index (χ1v) is 11.2. The van der Waals surface area contributed by atoms with Crippen molar-refractivity contribution in [3.63, 3.8) is 0 Å². The fraction of sp³-hybridized carbons (Fsp3) is 0.542. The lowest BCUT2D eigenvalue weighted by atomic mass is 9.82. The van der Waals surface area contributed by atoms with Gasteiger partial charge in [0.15, 0.2) is 0 Å². The van der Waals surface area contributed by atoms with Crippen molar-refractivity contribution >= 4 is 22.4 Å². The number of aromatic nitrogens is 1. The van der Waals surface area contributed by atoms with Crippen LogP contribution in [0.1, 0.15) is 64.7 Å². The maximum absolute atomic E-state index is 6.58. The minimum Gasteiger partial charge on any atom is -0.489 e. The van der Waals surface area contributed by atoms with E-state index in [1.807, 2.05) is 24.3 Å². The van der Waals surface area contributed by atoms with Crippen LogP contribution in [-0.4, -0.2) is 23.2 Å². The van der Waals surface area contributed by atoms with Gasteiger partial charge in [-0.2, -0.15) is 0 Å². The minimum absolute atomic E-state index is 0.103. The van der Waals surface area contributed by atoms with E-state index >= 15 is 0 Å². The van der Waals surface area contributed by atoms with Gasteiger partial charge in [-0.3, -0.25) is 0 Å². The van der Waals surface area contributed by atoms with E-state index in [1.54, 1.807) is 6.20 Å². The second-order valence-electron chi connectivity index (χ2n) is 8.20. The van der Waals surface area contributed by atoms with Crippen molar-refractivity contribution < 1.29 is 9.47 Å². The van der Waals surface area contributed by atoms with Crippen LogP contribution >= 0.6 is 11.6 Å². The van der Waals surface area contributed by atoms with E-state index in [2.05, 4.69) is 18.5 Å². The first-order chi connectivity index (χ1) is 14.0. The maximum atomic E-state index is 6.58. The lowest BCUT2D eigenvalue weighted by Crippen LogP contribution is -2.40. The van der Waals surface area contributed by atoms with Gasteiger partial charge in [0, 0.05) is 17.1 Å². The van der Waals surface area contributed by atoms with Crippen molar-refractivity contribution in [2.75, 3.05) is 6.61 Å². The van der Waals surface area contributed by atoms with Crippen LogP contribution in [0.4, 0.5) is 0 Å². The van der Waals surface area contributed by atoms with Gasteiger partial charge in [-0.25, -0.2) is 4.98 Å². The number of hydrogen-bond donors (Lipinski definition) is 1. The predicted octanol–water partition coefficient (Wildman–Crippen LogP) is 6.44. The summed E-state index contributed by atoms with van der Waals surface area (Å²) in [6, 6.07) is 5.90. The number of fused-ring (bicyclic) bond motifs is 1. The van der Waals surface area contributed by atoms with Crippen LogP contribution in [0.25, 0.3) is 10.8 Å². The molecule has 2 N–H and O–H groups in total. The Balaban J connectivity index is 1.70. The summed E-state index contributed by atoms with van der Waals surface area (Å²) in [4.78, 5) is 4.38. The van der Waals surface area contributed by atoms with Gasteiger partial charge in [-0.05, 0) is 75.0 Å². The van der Waals surface area contributed by atoms with E-state index in [4.69, 9.17) is 26.8 Å². The Morgan fingerprint density at radius 2 is 2.07 bits per heavy atom. The molecule has 2 aromatic rings. The van der Waals surface area contributed by atoms with Gasteiger partial charge in [0.25, 0.3) is 0 Å². The Kier molecular flexibility index (Phi) is 7.79. The van der Waals surface area contributed by atoms with E-state index in [-0.39, 0.29) is 11.6 Å². The van der Waals surface area contributed by atoms with Crippen LogP contribution in [0.2, 0.25) is 5.02 Å². The summed E-state index contributed by atoms with van der Waals surface area (Å²) in [5.74, 6) is 1.37. The highest BCUT2D eigenvalue weighted by atomic mass is 35.5. The smallest absolute Gasteiger partial charge is 0.221 e. The van der Waals surface area contributed by atoms with Crippen LogP contribution in [0.3, 0.4) is 0 Å². The number of ether oxygens (including phenoxy) is 2. The number of benzene rings is 1. The highest BCUT2D eigenvalue weighted by molar-refractivity contribution is 6.33. The van der Waals surface area contributed by atoms with Crippen molar-refractivity contribution in [2.24, 2.45) is 5.73 Å². The lowest BCUT2D eigenvalue weighted by Gasteiger charge is -2.32. The number of unbranched alkanes of at least 4 members (excludes halogenated alkanes) is 1. The zero-order valence-corrected chi connectivity index (χ0v) is 18.2. The van der Waals surface area contributed by atoms with Gasteiger partial charge < -0.3 is 15.2 Å². The molecule has 0 radical (unpaired) electrons. The number of hydrogen-bond acceptors (Lipinski definition) is 4. The first kappa shape index (κ1) is 21.9. The summed E-state index contributed by atoms with van der Waals surface area (Å²) in [7, 11) is 0. The second kappa shape index (κ2) is 10.3. The summed E-state index contributed by atoms with van der Waals surface area (Å²) in [6.45, 7) is 6.66. The largest absolute Gasteiger partial charge is 0.489 e. The Hall–Kier alpha value is -1.78. The second-order valence-corrected chi connectivity index (χ2v) is 8.61. The average Bonchev–Trinajstić information content (AvgIpc) is 2.67. The maximum Gasteiger partial charge on any atom is 0.221 e. The van der Waals surface area contributed by atoms with Crippen LogP contribution in [0.5, 0.6) is 11.6 Å². The molecule has 29 heavy (non-hydrogen) atoms. The average molecular weight is 417 g/mol. The summed E-state index contributed by atoms with van der Waals surface area (Å²) < 4.78 is 12.2. The number of pyridine rings is 1. The molecule has 0 unspecified atom stereocenters. The zero-order valence-electron chi connectivity index (χ0n) is 17.5. The molecule has 1 aliphatic rings. The molecule has 0 amide bonds. The monoisotopic (exact) mass is 416 g/mol. The van der Waals surface area contributed by atoms with Gasteiger partial charge in [-0.1, -0.05) is 31.0 Å². The molecule has 4 nitrogen and oxygen atoms in total. The fourth-order valence-electron chi connectivity index (χ4n) is 4.09. The topological polar surface area (TPSA) is 57.4 Å². The number of nitrogens with zero attached hydrogens (tertiary/aromatic N) is 1. The van der Waals surface area contributed by atoms with Gasteiger partial charge >= 0.3 is 0 Å². The highest BCUT2D eigenvalue weighted by Crippen LogP contribution is 2.36. The molecule has 3 rings (SSSR count). The molecule has 1 aromatic heterocycles. The van der Waals surface area contributed by atoms with Crippen molar-refractivity contribution in [1.82, 2.24) is 4.98 Å². The third-order valence-corrected chi connectivity index (χ3v) is 6.06. The fourth-order valence-corrected chi connectivity index (χ4v) is 4.30. The molecule has 0 bridgehead atoms. The predicted molar refractivity (Wildman–Crippen MR) is 121 cm³/mol. The molecule has 0 spiro atoms. The molecule has 1 saturated carbocycles. The minimum atomic E-state index is -0.103. The number of halogens is 1. The summed E-state index contributed by atoms with van der Waals surface area (Å²) in [6.07, 6.45) is 13.0. The molecule has 158 valence electrons. The molecule has 1 heterocycles. The van der Waals surface area contributed by atoms with Crippen molar-refractivity contribution in [1.29, 1.82) is 0 Å². The van der Waals surface area contributed by atoms with Crippen LogP contribution in [0.15, 0.2) is 37.1 Å². The van der Waals surface area contributed by atoms with Crippen LogP contribution < -0.4 is 15.2 Å². The molecule has 1 fully saturated rings. The van der Waals surface area contributed by atoms with E-state index in [0.717, 1.165) is 74.3 Å². The molecule has 1 aromatic carbocycles. The van der Waals surface area contributed by atoms with Gasteiger partial charge in [0.2, 0.25) is 5.88 Å². The van der Waals surface area contributed by atoms with E-state index in [0.29, 0.717) is 17.5 Å². The van der Waals surface area contributed by atoms with Crippen LogP contribution in [-0.2, 0) is 0 Å². The third-order valence-electron chi connectivity index (χ3n) is 5.76. The standard InChI is InChI=1S/C24H33ClN2O2/c1-3-5-15-28-23-20-17-21(25)22(16-18(20)10-14-27-23)29-19-8-6-12-24(26,11-4-2)13-7-9-19/h4,10,14,16-17,19H,2-3,5-9,11-13,15,26H2,1H3. The van der Waals surface area contributed by atoms with Crippen LogP contribution in [0, 0.1) is 0 Å². The highest BCUT2D eigenvalue weighted by Gasteiger charge is 2.27. The van der Waals surface area contributed by atoms with E-state index in [1.165, 1.54) is 0 Å². The first-order valence-electron chi connectivity index (χ1n) is 10.8. The number of rotatable bonds is 8. The summed E-state index contributed by atoms with van der Waals surface area (Å²) >= 11 is 6.58. The molecule has 5 heteroatoms. The molecule has 0 saturated heterocycles. The number of nitrogens with two attached hydrogens (primary N) is 1. The molecule has 1 aliphatic carbocycles. The third kappa shape index (κ3) is 5.86.